The highest BCUT2D eigenvalue weighted by atomic mass is 127. The zero-order valence-electron chi connectivity index (χ0n) is 14.6. The quantitative estimate of drug-likeness (QED) is 0.400. The van der Waals surface area contributed by atoms with E-state index >= 15 is 0 Å². The SMILES string of the molecule is CCCNC(=NCC1CCS(=O)(=O)C1)N1CCC(C)C(C)C1.I. The lowest BCUT2D eigenvalue weighted by Gasteiger charge is -2.37. The van der Waals surface area contributed by atoms with Gasteiger partial charge in [0.1, 0.15) is 0 Å². The van der Waals surface area contributed by atoms with Crippen LogP contribution in [-0.4, -0.2) is 57.0 Å². The first-order valence-corrected chi connectivity index (χ1v) is 10.5. The molecule has 0 aromatic carbocycles. The van der Waals surface area contributed by atoms with Crippen LogP contribution in [0.2, 0.25) is 0 Å². The van der Waals surface area contributed by atoms with Crippen molar-refractivity contribution in [3.63, 3.8) is 0 Å². The average Bonchev–Trinajstić information content (AvgIpc) is 2.82. The molecule has 3 atom stereocenters. The molecular formula is C16H32IN3O2S. The lowest BCUT2D eigenvalue weighted by Crippen LogP contribution is -2.48. The largest absolute Gasteiger partial charge is 0.356 e. The van der Waals surface area contributed by atoms with Gasteiger partial charge in [0.05, 0.1) is 11.5 Å². The lowest BCUT2D eigenvalue weighted by atomic mass is 9.89. The maximum atomic E-state index is 11.6. The van der Waals surface area contributed by atoms with Crippen LogP contribution < -0.4 is 5.32 Å². The Hall–Kier alpha value is -0.0500. The first-order chi connectivity index (χ1) is 10.4. The number of likely N-dealkylation sites (tertiary alicyclic amines) is 1. The summed E-state index contributed by atoms with van der Waals surface area (Å²) in [5.74, 6) is 3.26. The van der Waals surface area contributed by atoms with Crippen molar-refractivity contribution in [1.82, 2.24) is 10.2 Å². The van der Waals surface area contributed by atoms with Crippen molar-refractivity contribution >= 4 is 39.8 Å². The van der Waals surface area contributed by atoms with E-state index in [1.807, 2.05) is 0 Å². The first kappa shape index (κ1) is 21.0. The van der Waals surface area contributed by atoms with Crippen molar-refractivity contribution in [2.24, 2.45) is 22.7 Å². The van der Waals surface area contributed by atoms with Gasteiger partial charge in [0, 0.05) is 26.2 Å². The third-order valence-corrected chi connectivity index (χ3v) is 6.83. The van der Waals surface area contributed by atoms with Gasteiger partial charge < -0.3 is 10.2 Å². The smallest absolute Gasteiger partial charge is 0.193 e. The van der Waals surface area contributed by atoms with Crippen molar-refractivity contribution in [1.29, 1.82) is 0 Å². The number of nitrogens with zero attached hydrogens (tertiary/aromatic N) is 2. The molecule has 3 unspecified atom stereocenters. The number of halogens is 1. The van der Waals surface area contributed by atoms with Gasteiger partial charge in [-0.15, -0.1) is 24.0 Å². The Balaban J connectivity index is 0.00000264. The fourth-order valence-electron chi connectivity index (χ4n) is 3.19. The second-order valence-corrected chi connectivity index (χ2v) is 9.28. The number of hydrogen-bond acceptors (Lipinski definition) is 3. The summed E-state index contributed by atoms with van der Waals surface area (Å²) >= 11 is 0. The fourth-order valence-corrected chi connectivity index (χ4v) is 5.04. The normalized spacial score (nSPS) is 30.8. The van der Waals surface area contributed by atoms with Gasteiger partial charge in [-0.2, -0.15) is 0 Å². The first-order valence-electron chi connectivity index (χ1n) is 8.65. The van der Waals surface area contributed by atoms with Crippen LogP contribution in [0.1, 0.15) is 40.0 Å². The van der Waals surface area contributed by atoms with Crippen molar-refractivity contribution in [3.8, 4) is 0 Å². The van der Waals surface area contributed by atoms with Crippen LogP contribution in [0.5, 0.6) is 0 Å². The zero-order chi connectivity index (χ0) is 16.2. The summed E-state index contributed by atoms with van der Waals surface area (Å²) < 4.78 is 23.1. The Morgan fingerprint density at radius 3 is 2.57 bits per heavy atom. The van der Waals surface area contributed by atoms with E-state index < -0.39 is 9.84 Å². The third kappa shape index (κ3) is 6.40. The van der Waals surface area contributed by atoms with Gasteiger partial charge in [0.15, 0.2) is 15.8 Å². The molecule has 2 rings (SSSR count). The van der Waals surface area contributed by atoms with E-state index in [4.69, 9.17) is 4.99 Å². The molecular weight excluding hydrogens is 425 g/mol. The zero-order valence-corrected chi connectivity index (χ0v) is 17.8. The highest BCUT2D eigenvalue weighted by Crippen LogP contribution is 2.23. The van der Waals surface area contributed by atoms with Crippen LogP contribution in [0.15, 0.2) is 4.99 Å². The van der Waals surface area contributed by atoms with Crippen LogP contribution in [0.3, 0.4) is 0 Å². The summed E-state index contributed by atoms with van der Waals surface area (Å²) in [6, 6.07) is 0. The van der Waals surface area contributed by atoms with Crippen molar-refractivity contribution in [2.45, 2.75) is 40.0 Å². The molecule has 136 valence electrons. The molecule has 7 heteroatoms. The summed E-state index contributed by atoms with van der Waals surface area (Å²) in [6.45, 7) is 10.4. The van der Waals surface area contributed by atoms with Crippen LogP contribution in [0, 0.1) is 17.8 Å². The second-order valence-electron chi connectivity index (χ2n) is 7.05. The number of nitrogens with one attached hydrogen (secondary N) is 1. The molecule has 0 aromatic heterocycles. The minimum absolute atomic E-state index is 0. The number of rotatable bonds is 4. The lowest BCUT2D eigenvalue weighted by molar-refractivity contribution is 0.199. The van der Waals surface area contributed by atoms with Gasteiger partial charge in [-0.3, -0.25) is 4.99 Å². The summed E-state index contributed by atoms with van der Waals surface area (Å²) in [5, 5.41) is 3.45. The van der Waals surface area contributed by atoms with Gasteiger partial charge in [-0.05, 0) is 37.0 Å². The molecule has 0 aliphatic carbocycles. The summed E-state index contributed by atoms with van der Waals surface area (Å²) in [6.07, 6.45) is 3.03. The van der Waals surface area contributed by atoms with Crippen molar-refractivity contribution in [3.05, 3.63) is 0 Å². The van der Waals surface area contributed by atoms with Gasteiger partial charge in [-0.1, -0.05) is 20.8 Å². The molecule has 0 spiro atoms. The van der Waals surface area contributed by atoms with E-state index in [2.05, 4.69) is 31.0 Å². The van der Waals surface area contributed by atoms with Crippen LogP contribution >= 0.6 is 24.0 Å². The fraction of sp³-hybridized carbons (Fsp3) is 0.938. The molecule has 2 fully saturated rings. The molecule has 1 N–H and O–H groups in total. The topological polar surface area (TPSA) is 61.8 Å². The second kappa shape index (κ2) is 9.44. The van der Waals surface area contributed by atoms with Crippen molar-refractivity contribution < 1.29 is 8.42 Å². The minimum Gasteiger partial charge on any atom is -0.356 e. The molecule has 0 aromatic rings. The molecule has 0 bridgehead atoms. The Bertz CT molecular complexity index is 496. The van der Waals surface area contributed by atoms with Gasteiger partial charge in [-0.25, -0.2) is 8.42 Å². The molecule has 23 heavy (non-hydrogen) atoms. The molecule has 0 amide bonds. The van der Waals surface area contributed by atoms with Gasteiger partial charge in [0.2, 0.25) is 0 Å². The Kier molecular flexibility index (Phi) is 8.61. The molecule has 2 aliphatic heterocycles. The van der Waals surface area contributed by atoms with E-state index in [0.29, 0.717) is 24.0 Å². The molecule has 0 radical (unpaired) electrons. The predicted molar refractivity (Wildman–Crippen MR) is 107 cm³/mol. The number of sulfone groups is 1. The highest BCUT2D eigenvalue weighted by molar-refractivity contribution is 14.0. The number of hydrogen-bond donors (Lipinski definition) is 1. The van der Waals surface area contributed by atoms with Crippen LogP contribution in [0.25, 0.3) is 0 Å². The molecule has 0 saturated carbocycles. The molecule has 2 aliphatic rings. The Labute approximate surface area is 158 Å². The summed E-state index contributed by atoms with van der Waals surface area (Å²) in [7, 11) is -2.80. The Morgan fingerprint density at radius 2 is 2.00 bits per heavy atom. The average molecular weight is 457 g/mol. The van der Waals surface area contributed by atoms with Gasteiger partial charge >= 0.3 is 0 Å². The maximum absolute atomic E-state index is 11.6. The predicted octanol–water partition coefficient (Wildman–Crippen LogP) is 2.37. The van der Waals surface area contributed by atoms with E-state index in [9.17, 15) is 8.42 Å². The van der Waals surface area contributed by atoms with Gasteiger partial charge in [0.25, 0.3) is 0 Å². The Morgan fingerprint density at radius 1 is 1.26 bits per heavy atom. The van der Waals surface area contributed by atoms with Crippen LogP contribution in [-0.2, 0) is 9.84 Å². The van der Waals surface area contributed by atoms with E-state index in [0.717, 1.165) is 44.4 Å². The molecule has 5 nitrogen and oxygen atoms in total. The number of guanidine groups is 1. The highest BCUT2D eigenvalue weighted by Gasteiger charge is 2.28. The number of piperidine rings is 1. The van der Waals surface area contributed by atoms with E-state index in [-0.39, 0.29) is 29.9 Å². The van der Waals surface area contributed by atoms with E-state index in [1.165, 1.54) is 6.42 Å². The number of aliphatic imine (C=N–C) groups is 1. The molecule has 2 heterocycles. The van der Waals surface area contributed by atoms with Crippen molar-refractivity contribution in [2.75, 3.05) is 37.7 Å². The van der Waals surface area contributed by atoms with Crippen LogP contribution in [0.4, 0.5) is 0 Å². The maximum Gasteiger partial charge on any atom is 0.193 e. The standard InChI is InChI=1S/C16H31N3O2S.HI/c1-4-7-17-16(19-8-5-13(2)14(3)11-19)18-10-15-6-9-22(20,21)12-15;/h13-15H,4-12H2,1-3H3,(H,17,18);1H. The monoisotopic (exact) mass is 457 g/mol. The molecule has 2 saturated heterocycles. The summed E-state index contributed by atoms with van der Waals surface area (Å²) in [5.41, 5.74) is 0. The van der Waals surface area contributed by atoms with E-state index in [1.54, 1.807) is 0 Å². The summed E-state index contributed by atoms with van der Waals surface area (Å²) in [4.78, 5) is 7.11. The third-order valence-electron chi connectivity index (χ3n) is 4.99. The minimum atomic E-state index is -2.80.